The SMILES string of the molecule is CC(C)[C@H]1NC(=O)CCC(C(=O)N2CCCN(Cc3cccc(F)c3)CC2)NC(=O)c2ccccc2OC[C@H]2CCCN2C(=O)[C@H](CCCCN)NC1=O. The first-order valence-electron chi connectivity index (χ1n) is 19.4. The van der Waals surface area contributed by atoms with Gasteiger partial charge in [-0.2, -0.15) is 0 Å². The van der Waals surface area contributed by atoms with Gasteiger partial charge in [0.2, 0.25) is 23.6 Å². The lowest BCUT2D eigenvalue weighted by atomic mass is 10.0. The number of benzene rings is 2. The van der Waals surface area contributed by atoms with Crippen molar-refractivity contribution in [2.45, 2.75) is 95.9 Å². The molecule has 13 nitrogen and oxygen atoms in total. The van der Waals surface area contributed by atoms with Crippen molar-refractivity contribution in [1.82, 2.24) is 30.7 Å². The van der Waals surface area contributed by atoms with Gasteiger partial charge < -0.3 is 36.2 Å². The van der Waals surface area contributed by atoms with E-state index in [0.29, 0.717) is 83.7 Å². The number of fused-ring (bicyclic) bond motifs is 2. The Balaban J connectivity index is 1.38. The monoisotopic (exact) mass is 749 g/mol. The van der Waals surface area contributed by atoms with Crippen LogP contribution in [0.2, 0.25) is 0 Å². The third-order valence-electron chi connectivity index (χ3n) is 10.5. The molecule has 294 valence electrons. The second-order valence-corrected chi connectivity index (χ2v) is 14.9. The first-order chi connectivity index (χ1) is 26.0. The van der Waals surface area contributed by atoms with Crippen LogP contribution in [0.25, 0.3) is 0 Å². The fourth-order valence-electron chi connectivity index (χ4n) is 7.49. The van der Waals surface area contributed by atoms with Crippen molar-refractivity contribution in [2.75, 3.05) is 45.9 Å². The van der Waals surface area contributed by atoms with E-state index in [1.165, 1.54) is 12.1 Å². The average molecular weight is 750 g/mol. The van der Waals surface area contributed by atoms with Gasteiger partial charge in [0.1, 0.15) is 36.3 Å². The predicted molar refractivity (Wildman–Crippen MR) is 202 cm³/mol. The Morgan fingerprint density at radius 3 is 2.52 bits per heavy atom. The normalized spacial score (nSPS) is 23.9. The van der Waals surface area contributed by atoms with Gasteiger partial charge in [-0.3, -0.25) is 28.9 Å². The highest BCUT2D eigenvalue weighted by Crippen LogP contribution is 2.24. The molecule has 0 aliphatic carbocycles. The summed E-state index contributed by atoms with van der Waals surface area (Å²) in [6.07, 6.45) is 3.72. The summed E-state index contributed by atoms with van der Waals surface area (Å²) >= 11 is 0. The van der Waals surface area contributed by atoms with Crippen molar-refractivity contribution in [3.05, 3.63) is 65.5 Å². The summed E-state index contributed by atoms with van der Waals surface area (Å²) in [4.78, 5) is 75.0. The number of rotatable bonds is 8. The van der Waals surface area contributed by atoms with Gasteiger partial charge in [0.25, 0.3) is 5.91 Å². The maximum Gasteiger partial charge on any atom is 0.255 e. The molecule has 2 aromatic rings. The molecule has 4 atom stereocenters. The topological polar surface area (TPSA) is 166 Å². The fourth-order valence-corrected chi connectivity index (χ4v) is 7.49. The van der Waals surface area contributed by atoms with E-state index in [-0.39, 0.29) is 54.6 Å². The molecule has 14 heteroatoms. The Morgan fingerprint density at radius 2 is 1.74 bits per heavy atom. The van der Waals surface area contributed by atoms with Crippen LogP contribution in [0.4, 0.5) is 4.39 Å². The summed E-state index contributed by atoms with van der Waals surface area (Å²) < 4.78 is 20.1. The Morgan fingerprint density at radius 1 is 0.926 bits per heavy atom. The standard InChI is InChI=1S/C40H56FN7O6/c1-27(2)36-38(51)44-32(14-5-6-18-42)40(53)48-21-8-12-30(48)26-54-34-15-4-3-13-31(34)37(50)43-33(16-17-35(49)45-36)39(52)47-20-9-19-46(22-23-47)25-28-10-7-11-29(41)24-28/h3-4,7,10-11,13,15,24,27,30,32-33,36H,5-6,8-9,12,14,16-23,25-26,42H2,1-2H3,(H,43,50)(H,44,51)(H,45,49)/t30-,32+,33?,36-/m1/s1. The number of hydrogen-bond donors (Lipinski definition) is 4. The molecule has 2 fully saturated rings. The number of carbonyl (C=O) groups excluding carboxylic acids is 5. The van der Waals surface area contributed by atoms with Crippen LogP contribution in [0.3, 0.4) is 0 Å². The highest BCUT2D eigenvalue weighted by Gasteiger charge is 2.37. The Hall–Kier alpha value is -4.56. The maximum absolute atomic E-state index is 14.2. The van der Waals surface area contributed by atoms with E-state index in [0.717, 1.165) is 12.0 Å². The first-order valence-corrected chi connectivity index (χ1v) is 19.4. The van der Waals surface area contributed by atoms with Crippen LogP contribution in [0, 0.1) is 11.7 Å². The summed E-state index contributed by atoms with van der Waals surface area (Å²) in [7, 11) is 0. The molecule has 1 unspecified atom stereocenters. The molecule has 2 aromatic carbocycles. The largest absolute Gasteiger partial charge is 0.491 e. The van der Waals surface area contributed by atoms with E-state index < -0.39 is 35.8 Å². The number of ether oxygens (including phenoxy) is 1. The first kappa shape index (κ1) is 40.6. The van der Waals surface area contributed by atoms with Crippen molar-refractivity contribution in [3.63, 3.8) is 0 Å². The van der Waals surface area contributed by atoms with Crippen molar-refractivity contribution in [3.8, 4) is 5.75 Å². The number of amides is 5. The van der Waals surface area contributed by atoms with E-state index in [1.54, 1.807) is 40.1 Å². The van der Waals surface area contributed by atoms with Crippen molar-refractivity contribution >= 4 is 29.5 Å². The van der Waals surface area contributed by atoms with Gasteiger partial charge in [0.05, 0.1) is 11.6 Å². The molecule has 0 radical (unpaired) electrons. The van der Waals surface area contributed by atoms with Crippen molar-refractivity contribution < 1.29 is 33.1 Å². The number of hydrogen-bond acceptors (Lipinski definition) is 8. The number of nitrogens with two attached hydrogens (primary N) is 1. The second-order valence-electron chi connectivity index (χ2n) is 14.9. The zero-order valence-corrected chi connectivity index (χ0v) is 31.6. The third-order valence-corrected chi connectivity index (χ3v) is 10.5. The molecule has 3 aliphatic heterocycles. The lowest BCUT2D eigenvalue weighted by Gasteiger charge is -2.31. The zero-order valence-electron chi connectivity index (χ0n) is 31.6. The van der Waals surface area contributed by atoms with E-state index in [2.05, 4.69) is 20.9 Å². The van der Waals surface area contributed by atoms with Crippen molar-refractivity contribution in [1.29, 1.82) is 0 Å². The molecule has 5 rings (SSSR count). The van der Waals surface area contributed by atoms with Gasteiger partial charge in [-0.05, 0) is 87.2 Å². The summed E-state index contributed by atoms with van der Waals surface area (Å²) in [5, 5.41) is 8.69. The molecule has 5 amide bonds. The van der Waals surface area contributed by atoms with Crippen LogP contribution in [-0.4, -0.2) is 114 Å². The molecular formula is C40H56FN7O6. The molecular weight excluding hydrogens is 693 g/mol. The van der Waals surface area contributed by atoms with E-state index in [4.69, 9.17) is 10.5 Å². The molecule has 3 aliphatic rings. The van der Waals surface area contributed by atoms with Gasteiger partial charge in [-0.15, -0.1) is 0 Å². The number of unbranched alkanes of at least 4 members (excludes halogenated alkanes) is 1. The molecule has 0 spiro atoms. The summed E-state index contributed by atoms with van der Waals surface area (Å²) in [6.45, 7) is 7.40. The Kier molecular flexibility index (Phi) is 14.8. The quantitative estimate of drug-likeness (QED) is 0.299. The van der Waals surface area contributed by atoms with E-state index in [9.17, 15) is 28.4 Å². The third kappa shape index (κ3) is 11.0. The van der Waals surface area contributed by atoms with Crippen LogP contribution in [0.5, 0.6) is 5.75 Å². The number of para-hydroxylation sites is 1. The summed E-state index contributed by atoms with van der Waals surface area (Å²) in [6, 6.07) is 10.2. The molecule has 2 saturated heterocycles. The minimum Gasteiger partial charge on any atom is -0.491 e. The van der Waals surface area contributed by atoms with Gasteiger partial charge in [0, 0.05) is 45.7 Å². The van der Waals surface area contributed by atoms with Gasteiger partial charge in [-0.1, -0.05) is 38.1 Å². The lowest BCUT2D eigenvalue weighted by Crippen LogP contribution is -2.57. The smallest absolute Gasteiger partial charge is 0.255 e. The number of nitrogens with one attached hydrogen (secondary N) is 3. The van der Waals surface area contributed by atoms with Crippen LogP contribution < -0.4 is 26.4 Å². The molecule has 0 saturated carbocycles. The van der Waals surface area contributed by atoms with Crippen LogP contribution in [0.15, 0.2) is 48.5 Å². The minimum atomic E-state index is -1.04. The van der Waals surface area contributed by atoms with Crippen LogP contribution in [0.1, 0.15) is 81.1 Å². The molecule has 0 aromatic heterocycles. The second kappa shape index (κ2) is 19.7. The lowest BCUT2D eigenvalue weighted by molar-refractivity contribution is -0.139. The average Bonchev–Trinajstić information content (AvgIpc) is 3.51. The molecule has 54 heavy (non-hydrogen) atoms. The Labute approximate surface area is 317 Å². The van der Waals surface area contributed by atoms with Crippen LogP contribution >= 0.6 is 0 Å². The molecule has 3 heterocycles. The van der Waals surface area contributed by atoms with Gasteiger partial charge in [0.15, 0.2) is 0 Å². The summed E-state index contributed by atoms with van der Waals surface area (Å²) in [5.41, 5.74) is 6.83. The zero-order chi connectivity index (χ0) is 38.6. The fraction of sp³-hybridized carbons (Fsp3) is 0.575. The maximum atomic E-state index is 14.2. The molecule has 0 bridgehead atoms. The van der Waals surface area contributed by atoms with Gasteiger partial charge in [-0.25, -0.2) is 4.39 Å². The molecule has 5 N–H and O–H groups in total. The van der Waals surface area contributed by atoms with Gasteiger partial charge >= 0.3 is 0 Å². The number of nitrogens with zero attached hydrogens (tertiary/aromatic N) is 3. The number of carbonyl (C=O) groups is 5. The Bertz CT molecular complexity index is 1620. The number of halogens is 1. The highest BCUT2D eigenvalue weighted by atomic mass is 19.1. The van der Waals surface area contributed by atoms with Crippen LogP contribution in [-0.2, 0) is 25.7 Å². The minimum absolute atomic E-state index is 0.00734. The van der Waals surface area contributed by atoms with E-state index in [1.807, 2.05) is 19.9 Å². The van der Waals surface area contributed by atoms with E-state index >= 15 is 0 Å². The highest BCUT2D eigenvalue weighted by molar-refractivity contribution is 6.00. The van der Waals surface area contributed by atoms with Crippen molar-refractivity contribution in [2.24, 2.45) is 11.7 Å². The summed E-state index contributed by atoms with van der Waals surface area (Å²) in [5.74, 6) is -2.23. The predicted octanol–water partition coefficient (Wildman–Crippen LogP) is 2.58.